The SMILES string of the molecule is CC([S])NC(C)(C)C. The Hall–Kier alpha value is 0.310. The van der Waals surface area contributed by atoms with Crippen molar-refractivity contribution < 1.29 is 0 Å². The Balaban J connectivity index is 3.39. The fourth-order valence-electron chi connectivity index (χ4n) is 0.610. The van der Waals surface area contributed by atoms with E-state index in [2.05, 4.69) is 26.1 Å². The molecule has 1 atom stereocenters. The Labute approximate surface area is 57.3 Å². The molecule has 8 heavy (non-hydrogen) atoms. The van der Waals surface area contributed by atoms with Crippen LogP contribution in [0.4, 0.5) is 0 Å². The summed E-state index contributed by atoms with van der Waals surface area (Å²) in [4.78, 5) is 0. The largest absolute Gasteiger partial charge is 0.300 e. The van der Waals surface area contributed by atoms with Gasteiger partial charge >= 0.3 is 0 Å². The second kappa shape index (κ2) is 2.74. The molecular weight excluding hydrogens is 118 g/mol. The smallest absolute Gasteiger partial charge is 0.0612 e. The van der Waals surface area contributed by atoms with Crippen molar-refractivity contribution in [2.24, 2.45) is 0 Å². The van der Waals surface area contributed by atoms with Crippen LogP contribution in [0, 0.1) is 0 Å². The Morgan fingerprint density at radius 3 is 1.75 bits per heavy atom. The Kier molecular flexibility index (Phi) is 2.84. The number of hydrogen-bond donors (Lipinski definition) is 1. The van der Waals surface area contributed by atoms with Crippen LogP contribution >= 0.6 is 12.6 Å². The Bertz CT molecular complexity index is 63.4. The average molecular weight is 132 g/mol. The van der Waals surface area contributed by atoms with E-state index in [1.165, 1.54) is 0 Å². The van der Waals surface area contributed by atoms with E-state index in [1.54, 1.807) is 0 Å². The van der Waals surface area contributed by atoms with Gasteiger partial charge in [-0.25, -0.2) is 0 Å². The molecule has 49 valence electrons. The van der Waals surface area contributed by atoms with Crippen LogP contribution in [0.25, 0.3) is 0 Å². The van der Waals surface area contributed by atoms with Gasteiger partial charge in [0.25, 0.3) is 0 Å². The molecule has 1 nitrogen and oxygen atoms in total. The van der Waals surface area contributed by atoms with Gasteiger partial charge in [-0.2, -0.15) is 0 Å². The van der Waals surface area contributed by atoms with Crippen molar-refractivity contribution in [1.82, 2.24) is 5.32 Å². The van der Waals surface area contributed by atoms with Gasteiger partial charge < -0.3 is 5.32 Å². The zero-order valence-electron chi connectivity index (χ0n) is 5.99. The molecule has 0 aliphatic rings. The average Bonchev–Trinajstić information content (AvgIpc) is 1.21. The molecule has 0 aliphatic heterocycles. The molecule has 0 saturated carbocycles. The lowest BCUT2D eigenvalue weighted by Gasteiger charge is -2.22. The normalized spacial score (nSPS) is 16.1. The summed E-state index contributed by atoms with van der Waals surface area (Å²) >= 11 is 4.92. The summed E-state index contributed by atoms with van der Waals surface area (Å²) in [5, 5.41) is 3.37. The first-order chi connectivity index (χ1) is 3.42. The maximum Gasteiger partial charge on any atom is 0.0612 e. The second-order valence-electron chi connectivity index (χ2n) is 3.04. The van der Waals surface area contributed by atoms with Crippen LogP contribution in [-0.4, -0.2) is 10.9 Å². The van der Waals surface area contributed by atoms with Crippen molar-refractivity contribution in [2.45, 2.75) is 38.6 Å². The maximum atomic E-state index is 4.92. The van der Waals surface area contributed by atoms with Crippen LogP contribution in [-0.2, 0) is 0 Å². The third-order valence-electron chi connectivity index (χ3n) is 0.636. The number of nitrogens with one attached hydrogen (secondary N) is 1. The number of hydrogen-bond acceptors (Lipinski definition) is 1. The van der Waals surface area contributed by atoms with E-state index in [1.807, 2.05) is 6.92 Å². The minimum absolute atomic E-state index is 0.168. The van der Waals surface area contributed by atoms with E-state index < -0.39 is 0 Å². The molecule has 0 amide bonds. The van der Waals surface area contributed by atoms with Crippen molar-refractivity contribution in [1.29, 1.82) is 0 Å². The third kappa shape index (κ3) is 6.31. The minimum Gasteiger partial charge on any atom is -0.300 e. The van der Waals surface area contributed by atoms with Crippen LogP contribution in [0.2, 0.25) is 0 Å². The molecule has 0 bridgehead atoms. The summed E-state index contributed by atoms with van der Waals surface area (Å²) in [7, 11) is 0. The van der Waals surface area contributed by atoms with E-state index in [-0.39, 0.29) is 10.9 Å². The highest BCUT2D eigenvalue weighted by Gasteiger charge is 2.09. The Morgan fingerprint density at radius 1 is 1.38 bits per heavy atom. The molecule has 0 aliphatic carbocycles. The molecule has 0 rings (SSSR count). The summed E-state index contributed by atoms with van der Waals surface area (Å²) in [5.41, 5.74) is 0.168. The van der Waals surface area contributed by atoms with Crippen LogP contribution in [0.15, 0.2) is 0 Å². The first-order valence-corrected chi connectivity index (χ1v) is 3.32. The molecule has 0 aromatic rings. The number of rotatable bonds is 1. The van der Waals surface area contributed by atoms with Crippen molar-refractivity contribution in [3.63, 3.8) is 0 Å². The second-order valence-corrected chi connectivity index (χ2v) is 3.74. The van der Waals surface area contributed by atoms with Gasteiger partial charge in [-0.1, -0.05) is 12.6 Å². The molecule has 0 aromatic carbocycles. The fourth-order valence-corrected chi connectivity index (χ4v) is 0.963. The van der Waals surface area contributed by atoms with E-state index in [4.69, 9.17) is 12.6 Å². The zero-order chi connectivity index (χ0) is 6.78. The minimum atomic E-state index is 0.168. The first kappa shape index (κ1) is 8.31. The summed E-state index contributed by atoms with van der Waals surface area (Å²) in [5.74, 6) is 0. The molecular formula is C6H14NS. The summed E-state index contributed by atoms with van der Waals surface area (Å²) in [6.07, 6.45) is 0. The standard InChI is InChI=1S/C6H14NS/c1-5(8)7-6(2,3)4/h5,7H,1-4H3. The zero-order valence-corrected chi connectivity index (χ0v) is 6.80. The van der Waals surface area contributed by atoms with Crippen LogP contribution < -0.4 is 5.32 Å². The molecule has 1 unspecified atom stereocenters. The van der Waals surface area contributed by atoms with Gasteiger partial charge in [-0.3, -0.25) is 0 Å². The highest BCUT2D eigenvalue weighted by Crippen LogP contribution is 2.01. The predicted molar refractivity (Wildman–Crippen MR) is 39.9 cm³/mol. The molecule has 0 saturated heterocycles. The van der Waals surface area contributed by atoms with Crippen LogP contribution in [0.3, 0.4) is 0 Å². The monoisotopic (exact) mass is 132 g/mol. The fraction of sp³-hybridized carbons (Fsp3) is 1.00. The predicted octanol–water partition coefficient (Wildman–Crippen LogP) is 1.92. The molecule has 1 N–H and O–H groups in total. The van der Waals surface area contributed by atoms with Gasteiger partial charge in [-0.15, -0.1) is 0 Å². The summed E-state index contributed by atoms with van der Waals surface area (Å²) in [6, 6.07) is 0. The van der Waals surface area contributed by atoms with Gasteiger partial charge in [0.15, 0.2) is 0 Å². The molecule has 2 heteroatoms. The van der Waals surface area contributed by atoms with Gasteiger partial charge in [0.2, 0.25) is 0 Å². The molecule has 0 aromatic heterocycles. The summed E-state index contributed by atoms with van der Waals surface area (Å²) in [6.45, 7) is 8.29. The molecule has 1 radical (unpaired) electrons. The van der Waals surface area contributed by atoms with Gasteiger partial charge in [0.1, 0.15) is 0 Å². The maximum absolute atomic E-state index is 4.92. The van der Waals surface area contributed by atoms with E-state index in [9.17, 15) is 0 Å². The highest BCUT2D eigenvalue weighted by atomic mass is 32.1. The quantitative estimate of drug-likeness (QED) is 0.574. The van der Waals surface area contributed by atoms with Crippen molar-refractivity contribution in [2.75, 3.05) is 0 Å². The lowest BCUT2D eigenvalue weighted by molar-refractivity contribution is 0.425. The molecule has 0 heterocycles. The van der Waals surface area contributed by atoms with Gasteiger partial charge in [0, 0.05) is 5.54 Å². The van der Waals surface area contributed by atoms with Crippen molar-refractivity contribution in [3.05, 3.63) is 0 Å². The third-order valence-corrected chi connectivity index (χ3v) is 0.754. The van der Waals surface area contributed by atoms with E-state index >= 15 is 0 Å². The van der Waals surface area contributed by atoms with Crippen LogP contribution in [0.1, 0.15) is 27.7 Å². The lowest BCUT2D eigenvalue weighted by atomic mass is 10.1. The molecule has 0 spiro atoms. The van der Waals surface area contributed by atoms with Gasteiger partial charge in [-0.05, 0) is 27.7 Å². The lowest BCUT2D eigenvalue weighted by Crippen LogP contribution is -2.39. The van der Waals surface area contributed by atoms with E-state index in [0.717, 1.165) is 0 Å². The highest BCUT2D eigenvalue weighted by molar-refractivity contribution is 7.80. The van der Waals surface area contributed by atoms with Gasteiger partial charge in [0.05, 0.1) is 5.37 Å². The topological polar surface area (TPSA) is 12.0 Å². The first-order valence-electron chi connectivity index (χ1n) is 2.85. The van der Waals surface area contributed by atoms with Crippen LogP contribution in [0.5, 0.6) is 0 Å². The van der Waals surface area contributed by atoms with Crippen molar-refractivity contribution >= 4 is 12.6 Å². The summed E-state index contributed by atoms with van der Waals surface area (Å²) < 4.78 is 0. The van der Waals surface area contributed by atoms with Crippen molar-refractivity contribution in [3.8, 4) is 0 Å². The van der Waals surface area contributed by atoms with E-state index in [0.29, 0.717) is 0 Å². The Morgan fingerprint density at radius 2 is 1.75 bits per heavy atom. The molecule has 0 fully saturated rings.